The third-order valence-electron chi connectivity index (χ3n) is 6.70. The molecule has 0 aromatic heterocycles. The van der Waals surface area contributed by atoms with Crippen LogP contribution in [0.15, 0.2) is 48.5 Å². The number of hydrogen-bond donors (Lipinski definition) is 2. The molecule has 0 saturated carbocycles. The summed E-state index contributed by atoms with van der Waals surface area (Å²) in [6, 6.07) is 12.6. The third-order valence-corrected chi connectivity index (χ3v) is 6.70. The Hall–Kier alpha value is -4.15. The van der Waals surface area contributed by atoms with Gasteiger partial charge >= 0.3 is 6.36 Å². The van der Waals surface area contributed by atoms with Gasteiger partial charge < -0.3 is 29.7 Å². The number of alkyl halides is 3. The predicted octanol–water partition coefficient (Wildman–Crippen LogP) is 4.54. The van der Waals surface area contributed by atoms with E-state index in [0.29, 0.717) is 48.7 Å². The molecule has 3 aromatic carbocycles. The Bertz CT molecular complexity index is 1380. The minimum atomic E-state index is -4.85. The summed E-state index contributed by atoms with van der Waals surface area (Å²) in [5.41, 5.74) is 0.0952. The molecular formula is C26H24F3N3O5. The molecule has 2 heterocycles. The average Bonchev–Trinajstić information content (AvgIpc) is 2.87. The molecule has 2 N–H and O–H groups in total. The zero-order valence-electron chi connectivity index (χ0n) is 20.1. The lowest BCUT2D eigenvalue weighted by Crippen LogP contribution is -2.62. The summed E-state index contributed by atoms with van der Waals surface area (Å²) in [6.07, 6.45) is -4.05. The van der Waals surface area contributed by atoms with Gasteiger partial charge in [0.1, 0.15) is 22.9 Å². The van der Waals surface area contributed by atoms with E-state index in [4.69, 9.17) is 9.47 Å². The second kappa shape index (κ2) is 9.06. The number of ether oxygens (including phenoxy) is 3. The molecule has 0 unspecified atom stereocenters. The lowest BCUT2D eigenvalue weighted by molar-refractivity contribution is -0.274. The van der Waals surface area contributed by atoms with Gasteiger partial charge in [0.05, 0.1) is 19.8 Å². The molecule has 2 aliphatic heterocycles. The van der Waals surface area contributed by atoms with E-state index < -0.39 is 23.7 Å². The summed E-state index contributed by atoms with van der Waals surface area (Å²) in [5.74, 6) is 0.0199. The second-order valence-electron chi connectivity index (χ2n) is 8.94. The lowest BCUT2D eigenvalue weighted by atomic mass is 9.92. The van der Waals surface area contributed by atoms with E-state index in [1.807, 2.05) is 18.2 Å². The number of piperidine rings is 1. The molecule has 0 atom stereocenters. The van der Waals surface area contributed by atoms with Gasteiger partial charge in [-0.25, -0.2) is 0 Å². The summed E-state index contributed by atoms with van der Waals surface area (Å²) >= 11 is 0. The van der Waals surface area contributed by atoms with Crippen LogP contribution in [0.3, 0.4) is 0 Å². The fourth-order valence-corrected chi connectivity index (χ4v) is 4.91. The normalized spacial score (nSPS) is 16.6. The highest BCUT2D eigenvalue weighted by molar-refractivity contribution is 6.04. The van der Waals surface area contributed by atoms with Crippen LogP contribution in [-0.4, -0.2) is 56.0 Å². The zero-order valence-corrected chi connectivity index (χ0v) is 20.1. The smallest absolute Gasteiger partial charge is 0.496 e. The first-order valence-electron chi connectivity index (χ1n) is 11.6. The first kappa shape index (κ1) is 24.5. The van der Waals surface area contributed by atoms with Crippen LogP contribution < -0.4 is 24.8 Å². The molecule has 1 saturated heterocycles. The number of likely N-dealkylation sites (tertiary alicyclic amines) is 1. The van der Waals surface area contributed by atoms with E-state index in [9.17, 15) is 22.8 Å². The van der Waals surface area contributed by atoms with Crippen molar-refractivity contribution >= 4 is 28.3 Å². The summed E-state index contributed by atoms with van der Waals surface area (Å²) in [5, 5.41) is 7.70. The van der Waals surface area contributed by atoms with Crippen LogP contribution in [0, 0.1) is 0 Å². The highest BCUT2D eigenvalue weighted by Gasteiger charge is 2.42. The fraction of sp³-hybridized carbons (Fsp3) is 0.308. The van der Waals surface area contributed by atoms with E-state index in [1.165, 1.54) is 6.07 Å². The lowest BCUT2D eigenvalue weighted by Gasteiger charge is -2.46. The maximum absolute atomic E-state index is 13.4. The average molecular weight is 515 g/mol. The van der Waals surface area contributed by atoms with Gasteiger partial charge in [-0.3, -0.25) is 9.59 Å². The molecule has 3 aromatic rings. The number of carbonyl (C=O) groups is 2. The number of methoxy groups -OCH3 is 2. The topological polar surface area (TPSA) is 89.1 Å². The van der Waals surface area contributed by atoms with Crippen LogP contribution in [0.25, 0.3) is 10.8 Å². The number of fused-ring (bicyclic) bond motifs is 2. The largest absolute Gasteiger partial charge is 0.573 e. The minimum Gasteiger partial charge on any atom is -0.496 e. The van der Waals surface area contributed by atoms with E-state index >= 15 is 0 Å². The molecule has 37 heavy (non-hydrogen) atoms. The van der Waals surface area contributed by atoms with Crippen molar-refractivity contribution in [3.05, 3.63) is 59.7 Å². The summed E-state index contributed by atoms with van der Waals surface area (Å²) < 4.78 is 52.6. The van der Waals surface area contributed by atoms with Gasteiger partial charge in [-0.2, -0.15) is 0 Å². The summed E-state index contributed by atoms with van der Waals surface area (Å²) in [7, 11) is 3.11. The van der Waals surface area contributed by atoms with Crippen molar-refractivity contribution in [3.8, 4) is 17.2 Å². The Morgan fingerprint density at radius 2 is 1.68 bits per heavy atom. The van der Waals surface area contributed by atoms with Crippen molar-refractivity contribution in [1.82, 2.24) is 10.2 Å². The molecule has 194 valence electrons. The van der Waals surface area contributed by atoms with Crippen molar-refractivity contribution in [1.29, 1.82) is 0 Å². The van der Waals surface area contributed by atoms with Gasteiger partial charge in [0.25, 0.3) is 11.8 Å². The number of nitrogens with one attached hydrogen (secondary N) is 2. The predicted molar refractivity (Wildman–Crippen MR) is 129 cm³/mol. The molecule has 0 aliphatic carbocycles. The van der Waals surface area contributed by atoms with Gasteiger partial charge in [-0.1, -0.05) is 12.1 Å². The van der Waals surface area contributed by atoms with E-state index in [2.05, 4.69) is 15.4 Å². The molecular weight excluding hydrogens is 491 g/mol. The molecule has 1 fully saturated rings. The van der Waals surface area contributed by atoms with Crippen LogP contribution in [-0.2, 0) is 0 Å². The van der Waals surface area contributed by atoms with Crippen LogP contribution in [0.5, 0.6) is 17.2 Å². The number of benzene rings is 3. The fourth-order valence-electron chi connectivity index (χ4n) is 4.91. The van der Waals surface area contributed by atoms with Crippen molar-refractivity contribution < 1.29 is 37.0 Å². The van der Waals surface area contributed by atoms with Crippen molar-refractivity contribution in [2.45, 2.75) is 24.9 Å². The van der Waals surface area contributed by atoms with Gasteiger partial charge in [-0.05, 0) is 36.4 Å². The van der Waals surface area contributed by atoms with Crippen LogP contribution >= 0.6 is 0 Å². The van der Waals surface area contributed by atoms with Crippen molar-refractivity contribution in [2.75, 3.05) is 32.6 Å². The molecule has 2 aliphatic rings. The monoisotopic (exact) mass is 515 g/mol. The molecule has 11 heteroatoms. The molecule has 1 spiro atoms. The molecule has 5 rings (SSSR count). The Morgan fingerprint density at radius 1 is 0.946 bits per heavy atom. The van der Waals surface area contributed by atoms with Crippen molar-refractivity contribution in [2.24, 2.45) is 0 Å². The SMILES string of the molecule is COc1cc(C(=O)N2CCC3(CC2)NC(=O)c2cc(OC(F)(F)F)ccc2N3)cc2c(OC)cccc12. The standard InChI is InChI=1S/C26H24F3N3O5/c1-35-21-5-3-4-17-18(21)12-15(13-22(17)36-2)24(34)32-10-8-25(9-11-32)30-20-7-6-16(37-26(27,28)29)14-19(20)23(33)31-25/h3-7,12-14,30H,8-11H2,1-2H3,(H,31,33). The Morgan fingerprint density at radius 3 is 2.35 bits per heavy atom. The highest BCUT2D eigenvalue weighted by atomic mass is 19.4. The molecule has 0 bridgehead atoms. The Labute approximate surface area is 210 Å². The Kier molecular flexibility index (Phi) is 6.01. The first-order chi connectivity index (χ1) is 17.6. The number of anilines is 1. The summed E-state index contributed by atoms with van der Waals surface area (Å²) in [6.45, 7) is 0.700. The summed E-state index contributed by atoms with van der Waals surface area (Å²) in [4.78, 5) is 27.9. The number of rotatable bonds is 4. The number of carbonyl (C=O) groups excluding carboxylic acids is 2. The number of amides is 2. The van der Waals surface area contributed by atoms with Crippen LogP contribution in [0.1, 0.15) is 33.6 Å². The van der Waals surface area contributed by atoms with Gasteiger partial charge in [0.2, 0.25) is 0 Å². The van der Waals surface area contributed by atoms with Gasteiger partial charge in [-0.15, -0.1) is 13.2 Å². The van der Waals surface area contributed by atoms with E-state index in [1.54, 1.807) is 31.3 Å². The van der Waals surface area contributed by atoms with E-state index in [-0.39, 0.29) is 11.5 Å². The number of halogens is 3. The zero-order chi connectivity index (χ0) is 26.4. The Balaban J connectivity index is 1.33. The number of hydrogen-bond acceptors (Lipinski definition) is 6. The maximum atomic E-state index is 13.4. The highest BCUT2D eigenvalue weighted by Crippen LogP contribution is 2.37. The van der Waals surface area contributed by atoms with Crippen LogP contribution in [0.2, 0.25) is 0 Å². The minimum absolute atomic E-state index is 0.0584. The van der Waals surface area contributed by atoms with E-state index in [0.717, 1.165) is 22.9 Å². The second-order valence-corrected chi connectivity index (χ2v) is 8.94. The maximum Gasteiger partial charge on any atom is 0.573 e. The molecule has 0 radical (unpaired) electrons. The van der Waals surface area contributed by atoms with Crippen LogP contribution in [0.4, 0.5) is 18.9 Å². The number of nitrogens with zero attached hydrogens (tertiary/aromatic N) is 1. The third kappa shape index (κ3) is 4.68. The molecule has 2 amide bonds. The van der Waals surface area contributed by atoms with Crippen molar-refractivity contribution in [3.63, 3.8) is 0 Å². The molecule has 8 nitrogen and oxygen atoms in total. The van der Waals surface area contributed by atoms with Gasteiger partial charge in [0, 0.05) is 48.0 Å². The van der Waals surface area contributed by atoms with Gasteiger partial charge in [0.15, 0.2) is 0 Å². The quantitative estimate of drug-likeness (QED) is 0.530. The first-order valence-corrected chi connectivity index (χ1v) is 11.6.